The fourth-order valence-electron chi connectivity index (χ4n) is 2.86. The van der Waals surface area contributed by atoms with E-state index in [1.54, 1.807) is 0 Å². The summed E-state index contributed by atoms with van der Waals surface area (Å²) < 4.78 is 2.13. The lowest BCUT2D eigenvalue weighted by molar-refractivity contribution is 0.915. The second kappa shape index (κ2) is 4.37. The molecule has 100 valence electrons. The van der Waals surface area contributed by atoms with E-state index in [2.05, 4.69) is 70.4 Å². The number of imidazole rings is 1. The quantitative estimate of drug-likeness (QED) is 0.783. The minimum Gasteiger partial charge on any atom is -0.352 e. The van der Waals surface area contributed by atoms with E-state index in [4.69, 9.17) is 0 Å². The monoisotopic (exact) mass is 263 g/mol. The second-order valence-electron chi connectivity index (χ2n) is 5.49. The number of hydrogen-bond donors (Lipinski definition) is 1. The van der Waals surface area contributed by atoms with Gasteiger partial charge in [-0.1, -0.05) is 42.5 Å². The first-order chi connectivity index (χ1) is 9.83. The van der Waals surface area contributed by atoms with Gasteiger partial charge in [-0.3, -0.25) is 0 Å². The zero-order valence-electron chi connectivity index (χ0n) is 11.5. The molecule has 20 heavy (non-hydrogen) atoms. The van der Waals surface area contributed by atoms with Crippen molar-refractivity contribution in [3.05, 3.63) is 60.2 Å². The van der Waals surface area contributed by atoms with Crippen molar-refractivity contribution in [3.8, 4) is 0 Å². The molecule has 3 nitrogen and oxygen atoms in total. The smallest absolute Gasteiger partial charge is 0.203 e. The van der Waals surface area contributed by atoms with Crippen LogP contribution in [-0.2, 0) is 7.05 Å². The van der Waals surface area contributed by atoms with E-state index in [-0.39, 0.29) is 0 Å². The molecule has 1 aliphatic rings. The molecule has 0 aliphatic heterocycles. The van der Waals surface area contributed by atoms with Gasteiger partial charge in [-0.25, -0.2) is 4.98 Å². The predicted octanol–water partition coefficient (Wildman–Crippen LogP) is 3.54. The minimum atomic E-state index is 0.507. The summed E-state index contributed by atoms with van der Waals surface area (Å²) in [6.07, 6.45) is 1.19. The van der Waals surface area contributed by atoms with Crippen molar-refractivity contribution in [1.29, 1.82) is 0 Å². The highest BCUT2D eigenvalue weighted by Gasteiger charge is 2.38. The molecular formula is C17H17N3. The SMILES string of the molecule is Cn1c(NC2CC2c2ccccc2)nc2ccccc21. The first-order valence-electron chi connectivity index (χ1n) is 7.06. The molecule has 3 heteroatoms. The largest absolute Gasteiger partial charge is 0.352 e. The van der Waals surface area contributed by atoms with E-state index in [1.807, 2.05) is 6.07 Å². The number of anilines is 1. The summed E-state index contributed by atoms with van der Waals surface area (Å²) in [7, 11) is 2.07. The highest BCUT2D eigenvalue weighted by molar-refractivity contribution is 5.78. The van der Waals surface area contributed by atoms with Crippen LogP contribution < -0.4 is 5.32 Å². The summed E-state index contributed by atoms with van der Waals surface area (Å²) in [4.78, 5) is 4.67. The number of aryl methyl sites for hydroxylation is 1. The molecule has 2 aromatic carbocycles. The van der Waals surface area contributed by atoms with Gasteiger partial charge >= 0.3 is 0 Å². The van der Waals surface area contributed by atoms with Crippen molar-refractivity contribution in [3.63, 3.8) is 0 Å². The first-order valence-corrected chi connectivity index (χ1v) is 7.06. The molecule has 1 heterocycles. The van der Waals surface area contributed by atoms with Crippen LogP contribution in [0.5, 0.6) is 0 Å². The van der Waals surface area contributed by atoms with Crippen LogP contribution in [0.2, 0.25) is 0 Å². The van der Waals surface area contributed by atoms with E-state index >= 15 is 0 Å². The van der Waals surface area contributed by atoms with E-state index in [9.17, 15) is 0 Å². The number of fused-ring (bicyclic) bond motifs is 1. The number of hydrogen-bond acceptors (Lipinski definition) is 2. The summed E-state index contributed by atoms with van der Waals surface area (Å²) in [5, 5.41) is 3.57. The van der Waals surface area contributed by atoms with Crippen LogP contribution >= 0.6 is 0 Å². The van der Waals surface area contributed by atoms with E-state index < -0.39 is 0 Å². The Kier molecular flexibility index (Phi) is 2.52. The number of benzene rings is 2. The molecule has 0 radical (unpaired) electrons. The summed E-state index contributed by atoms with van der Waals surface area (Å²) in [5.74, 6) is 1.59. The number of nitrogens with zero attached hydrogens (tertiary/aromatic N) is 2. The van der Waals surface area contributed by atoms with Gasteiger partial charge in [-0.2, -0.15) is 0 Å². The summed E-state index contributed by atoms with van der Waals surface area (Å²) >= 11 is 0. The third-order valence-corrected chi connectivity index (χ3v) is 4.12. The van der Waals surface area contributed by atoms with Gasteiger partial charge in [0.15, 0.2) is 0 Å². The van der Waals surface area contributed by atoms with Crippen LogP contribution in [0.4, 0.5) is 5.95 Å². The molecule has 2 atom stereocenters. The number of nitrogens with one attached hydrogen (secondary N) is 1. The van der Waals surface area contributed by atoms with E-state index in [0.29, 0.717) is 12.0 Å². The summed E-state index contributed by atoms with van der Waals surface area (Å²) in [5.41, 5.74) is 3.64. The summed E-state index contributed by atoms with van der Waals surface area (Å²) in [6, 6.07) is 19.5. The highest BCUT2D eigenvalue weighted by Crippen LogP contribution is 2.42. The molecule has 0 saturated heterocycles. The Morgan fingerprint density at radius 2 is 1.80 bits per heavy atom. The third kappa shape index (κ3) is 1.86. The van der Waals surface area contributed by atoms with Crippen molar-refractivity contribution in [2.45, 2.75) is 18.4 Å². The normalized spacial score (nSPS) is 21.1. The topological polar surface area (TPSA) is 29.9 Å². The van der Waals surface area contributed by atoms with Crippen molar-refractivity contribution < 1.29 is 0 Å². The van der Waals surface area contributed by atoms with Crippen LogP contribution in [0.15, 0.2) is 54.6 Å². The Balaban J connectivity index is 1.56. The first kappa shape index (κ1) is 11.5. The zero-order chi connectivity index (χ0) is 13.5. The Morgan fingerprint density at radius 1 is 1.05 bits per heavy atom. The van der Waals surface area contributed by atoms with Gasteiger partial charge in [0.25, 0.3) is 0 Å². The molecule has 0 spiro atoms. The minimum absolute atomic E-state index is 0.507. The second-order valence-corrected chi connectivity index (χ2v) is 5.49. The van der Waals surface area contributed by atoms with Crippen LogP contribution in [-0.4, -0.2) is 15.6 Å². The Hall–Kier alpha value is -2.29. The Labute approximate surface area is 118 Å². The lowest BCUT2D eigenvalue weighted by Gasteiger charge is -2.05. The van der Waals surface area contributed by atoms with Crippen LogP contribution in [0, 0.1) is 0 Å². The molecule has 1 aliphatic carbocycles. The molecule has 1 N–H and O–H groups in total. The fourth-order valence-corrected chi connectivity index (χ4v) is 2.86. The molecular weight excluding hydrogens is 246 g/mol. The Morgan fingerprint density at radius 3 is 2.60 bits per heavy atom. The average molecular weight is 263 g/mol. The maximum absolute atomic E-state index is 4.67. The number of aromatic nitrogens is 2. The maximum Gasteiger partial charge on any atom is 0.203 e. The molecule has 4 rings (SSSR count). The standard InChI is InChI=1S/C17H17N3/c1-20-16-10-6-5-9-14(16)18-17(20)19-15-11-13(15)12-7-3-2-4-8-12/h2-10,13,15H,11H2,1H3,(H,18,19). The van der Waals surface area contributed by atoms with Gasteiger partial charge in [0.1, 0.15) is 0 Å². The molecule has 1 aromatic heterocycles. The molecule has 0 bridgehead atoms. The van der Waals surface area contributed by atoms with Crippen LogP contribution in [0.3, 0.4) is 0 Å². The Bertz CT molecular complexity index is 745. The van der Waals surface area contributed by atoms with E-state index in [1.165, 1.54) is 17.5 Å². The van der Waals surface area contributed by atoms with Gasteiger partial charge < -0.3 is 9.88 Å². The van der Waals surface area contributed by atoms with Crippen molar-refractivity contribution >= 4 is 17.0 Å². The van der Waals surface area contributed by atoms with Crippen molar-refractivity contribution in [2.24, 2.45) is 7.05 Å². The summed E-state index contributed by atoms with van der Waals surface area (Å²) in [6.45, 7) is 0. The van der Waals surface area contributed by atoms with Crippen molar-refractivity contribution in [2.75, 3.05) is 5.32 Å². The highest BCUT2D eigenvalue weighted by atomic mass is 15.2. The number of rotatable bonds is 3. The molecule has 3 aromatic rings. The molecule has 0 amide bonds. The zero-order valence-corrected chi connectivity index (χ0v) is 11.5. The van der Waals surface area contributed by atoms with Crippen LogP contribution in [0.25, 0.3) is 11.0 Å². The molecule has 1 saturated carbocycles. The van der Waals surface area contributed by atoms with Gasteiger partial charge in [0, 0.05) is 19.0 Å². The molecule has 2 unspecified atom stereocenters. The predicted molar refractivity (Wildman–Crippen MR) is 81.9 cm³/mol. The molecule has 1 fully saturated rings. The van der Waals surface area contributed by atoms with Crippen LogP contribution in [0.1, 0.15) is 17.9 Å². The fraction of sp³-hybridized carbons (Fsp3) is 0.235. The van der Waals surface area contributed by atoms with Gasteiger partial charge in [-0.05, 0) is 24.1 Å². The van der Waals surface area contributed by atoms with Crippen molar-refractivity contribution in [1.82, 2.24) is 9.55 Å². The van der Waals surface area contributed by atoms with Gasteiger partial charge in [0.2, 0.25) is 5.95 Å². The number of para-hydroxylation sites is 2. The van der Waals surface area contributed by atoms with E-state index in [0.717, 1.165) is 11.5 Å². The third-order valence-electron chi connectivity index (χ3n) is 4.12. The lowest BCUT2D eigenvalue weighted by atomic mass is 10.1. The lowest BCUT2D eigenvalue weighted by Crippen LogP contribution is -2.08. The van der Waals surface area contributed by atoms with Gasteiger partial charge in [0.05, 0.1) is 11.0 Å². The van der Waals surface area contributed by atoms with Gasteiger partial charge in [-0.15, -0.1) is 0 Å². The maximum atomic E-state index is 4.67. The average Bonchev–Trinajstić information content (AvgIpc) is 3.19.